The van der Waals surface area contributed by atoms with Gasteiger partial charge in [-0.25, -0.2) is 8.42 Å². The molecule has 1 aromatic heterocycles. The van der Waals surface area contributed by atoms with E-state index in [-0.39, 0.29) is 10.8 Å². The van der Waals surface area contributed by atoms with Gasteiger partial charge in [-0.05, 0) is 19.0 Å². The van der Waals surface area contributed by atoms with Gasteiger partial charge in [-0.2, -0.15) is 16.1 Å². The Morgan fingerprint density at radius 1 is 1.13 bits per heavy atom. The minimum Gasteiger partial charge on any atom is -0.356 e. The molecule has 0 atom stereocenters. The lowest BCUT2D eigenvalue weighted by atomic mass is 10.3. The zero-order chi connectivity index (χ0) is 16.3. The highest BCUT2D eigenvalue weighted by Gasteiger charge is 2.28. The molecule has 128 valence electrons. The number of aromatic nitrogens is 1. The van der Waals surface area contributed by atoms with Crippen LogP contribution in [-0.4, -0.2) is 79.3 Å². The minimum atomic E-state index is -3.51. The number of hydrogen-bond acceptors (Lipinski definition) is 5. The number of nitrogens with zero attached hydrogens (tertiary/aromatic N) is 2. The maximum Gasteiger partial charge on any atom is 0.270 e. The topological polar surface area (TPSA) is 85.5 Å². The molecule has 2 saturated heterocycles. The number of carbonyl (C=O) groups is 1. The number of nitrogens with one attached hydrogen (secondary N) is 2. The van der Waals surface area contributed by atoms with Gasteiger partial charge in [-0.15, -0.1) is 0 Å². The van der Waals surface area contributed by atoms with Gasteiger partial charge in [-0.1, -0.05) is 0 Å². The van der Waals surface area contributed by atoms with Crippen molar-refractivity contribution in [2.24, 2.45) is 0 Å². The van der Waals surface area contributed by atoms with Crippen LogP contribution in [0.5, 0.6) is 0 Å². The number of aromatic amines is 1. The third kappa shape index (κ3) is 3.73. The van der Waals surface area contributed by atoms with E-state index in [1.807, 2.05) is 0 Å². The predicted octanol–water partition coefficient (Wildman–Crippen LogP) is 0.188. The highest BCUT2D eigenvalue weighted by molar-refractivity contribution is 7.99. The SMILES string of the molecule is O=C(c1cc(S(=O)(=O)N2CCSCC2)c[nH]1)N1CCCNCC1. The monoisotopic (exact) mass is 358 g/mol. The van der Waals surface area contributed by atoms with Crippen molar-refractivity contribution >= 4 is 27.7 Å². The molecule has 7 nitrogen and oxygen atoms in total. The predicted molar refractivity (Wildman–Crippen MR) is 90.3 cm³/mol. The molecule has 2 N–H and O–H groups in total. The van der Waals surface area contributed by atoms with Crippen molar-refractivity contribution < 1.29 is 13.2 Å². The summed E-state index contributed by atoms with van der Waals surface area (Å²) < 4.78 is 26.7. The number of thioether (sulfide) groups is 1. The van der Waals surface area contributed by atoms with Crippen LogP contribution >= 0.6 is 11.8 Å². The van der Waals surface area contributed by atoms with Gasteiger partial charge >= 0.3 is 0 Å². The third-order valence-corrected chi connectivity index (χ3v) is 6.94. The minimum absolute atomic E-state index is 0.135. The van der Waals surface area contributed by atoms with E-state index in [4.69, 9.17) is 0 Å². The molecule has 0 saturated carbocycles. The first-order valence-electron chi connectivity index (χ1n) is 7.85. The summed E-state index contributed by atoms with van der Waals surface area (Å²) in [5, 5.41) is 3.25. The number of carbonyl (C=O) groups excluding carboxylic acids is 1. The molecule has 3 rings (SSSR count). The fraction of sp³-hybridized carbons (Fsp3) is 0.643. The highest BCUT2D eigenvalue weighted by atomic mass is 32.2. The fourth-order valence-electron chi connectivity index (χ4n) is 2.80. The number of hydrogen-bond donors (Lipinski definition) is 2. The first-order chi connectivity index (χ1) is 11.1. The standard InChI is InChI=1S/C14H22N4O3S2/c19-14(17-4-1-2-15-3-5-17)13-10-12(11-16-13)23(20,21)18-6-8-22-9-7-18/h10-11,15-16H,1-9H2. The van der Waals surface area contributed by atoms with Crippen molar-refractivity contribution in [2.45, 2.75) is 11.3 Å². The van der Waals surface area contributed by atoms with E-state index >= 15 is 0 Å². The summed E-state index contributed by atoms with van der Waals surface area (Å²) in [6.45, 7) is 4.06. The summed E-state index contributed by atoms with van der Waals surface area (Å²) in [6, 6.07) is 1.47. The van der Waals surface area contributed by atoms with Gasteiger partial charge in [0.2, 0.25) is 10.0 Å². The molecule has 2 aliphatic rings. The van der Waals surface area contributed by atoms with E-state index < -0.39 is 10.0 Å². The number of H-pyrrole nitrogens is 1. The molecule has 0 bridgehead atoms. The van der Waals surface area contributed by atoms with E-state index in [1.54, 1.807) is 16.7 Å². The molecule has 3 heterocycles. The second kappa shape index (κ2) is 7.25. The van der Waals surface area contributed by atoms with Crippen LogP contribution in [0.25, 0.3) is 0 Å². The first kappa shape index (κ1) is 16.8. The second-order valence-electron chi connectivity index (χ2n) is 5.66. The molecule has 2 aliphatic heterocycles. The zero-order valence-electron chi connectivity index (χ0n) is 13.0. The third-order valence-electron chi connectivity index (χ3n) is 4.12. The summed E-state index contributed by atoms with van der Waals surface area (Å²) in [6.07, 6.45) is 2.34. The van der Waals surface area contributed by atoms with Crippen molar-refractivity contribution in [3.05, 3.63) is 18.0 Å². The highest BCUT2D eigenvalue weighted by Crippen LogP contribution is 2.21. The fourth-order valence-corrected chi connectivity index (χ4v) is 5.37. The van der Waals surface area contributed by atoms with Crippen LogP contribution in [0.1, 0.15) is 16.9 Å². The molecule has 0 unspecified atom stereocenters. The number of rotatable bonds is 3. The van der Waals surface area contributed by atoms with Crippen LogP contribution in [0.15, 0.2) is 17.2 Å². The Morgan fingerprint density at radius 2 is 1.91 bits per heavy atom. The van der Waals surface area contributed by atoms with Crippen molar-refractivity contribution in [1.82, 2.24) is 19.5 Å². The Balaban J connectivity index is 1.75. The zero-order valence-corrected chi connectivity index (χ0v) is 14.6. The van der Waals surface area contributed by atoms with Gasteiger partial charge in [-0.3, -0.25) is 4.79 Å². The molecule has 2 fully saturated rings. The van der Waals surface area contributed by atoms with Gasteiger partial charge < -0.3 is 15.2 Å². The van der Waals surface area contributed by atoms with Crippen LogP contribution in [0.2, 0.25) is 0 Å². The van der Waals surface area contributed by atoms with Crippen LogP contribution in [0.4, 0.5) is 0 Å². The van der Waals surface area contributed by atoms with Gasteiger partial charge in [0.1, 0.15) is 10.6 Å². The second-order valence-corrected chi connectivity index (χ2v) is 8.82. The lowest BCUT2D eigenvalue weighted by Crippen LogP contribution is -2.37. The maximum atomic E-state index is 12.6. The average molecular weight is 358 g/mol. The van der Waals surface area contributed by atoms with Gasteiger partial charge in [0.05, 0.1) is 0 Å². The van der Waals surface area contributed by atoms with E-state index in [0.717, 1.165) is 31.0 Å². The van der Waals surface area contributed by atoms with Crippen molar-refractivity contribution in [2.75, 3.05) is 50.8 Å². The van der Waals surface area contributed by atoms with Crippen LogP contribution in [0, 0.1) is 0 Å². The largest absolute Gasteiger partial charge is 0.356 e. The van der Waals surface area contributed by atoms with Gasteiger partial charge in [0, 0.05) is 50.4 Å². The smallest absolute Gasteiger partial charge is 0.270 e. The van der Waals surface area contributed by atoms with Crippen LogP contribution in [0.3, 0.4) is 0 Å². The molecule has 9 heteroatoms. The summed E-state index contributed by atoms with van der Waals surface area (Å²) >= 11 is 1.76. The maximum absolute atomic E-state index is 12.6. The van der Waals surface area contributed by atoms with E-state index in [0.29, 0.717) is 31.9 Å². The van der Waals surface area contributed by atoms with Gasteiger partial charge in [0.15, 0.2) is 0 Å². The summed E-state index contributed by atoms with van der Waals surface area (Å²) in [4.78, 5) is 17.3. The van der Waals surface area contributed by atoms with Gasteiger partial charge in [0.25, 0.3) is 5.91 Å². The first-order valence-corrected chi connectivity index (χ1v) is 10.4. The number of sulfonamides is 1. The quantitative estimate of drug-likeness (QED) is 0.806. The molecular weight excluding hydrogens is 336 g/mol. The lowest BCUT2D eigenvalue weighted by molar-refractivity contribution is 0.0761. The van der Waals surface area contributed by atoms with Crippen molar-refractivity contribution in [3.63, 3.8) is 0 Å². The Labute approximate surface area is 140 Å². The summed E-state index contributed by atoms with van der Waals surface area (Å²) in [7, 11) is -3.51. The number of amides is 1. The molecule has 0 aromatic carbocycles. The molecule has 1 amide bonds. The summed E-state index contributed by atoms with van der Waals surface area (Å²) in [5.74, 6) is 1.50. The van der Waals surface area contributed by atoms with Crippen LogP contribution < -0.4 is 5.32 Å². The van der Waals surface area contributed by atoms with Crippen molar-refractivity contribution in [3.8, 4) is 0 Å². The Hall–Kier alpha value is -1.03. The normalized spacial score (nSPS) is 21.1. The molecule has 23 heavy (non-hydrogen) atoms. The van der Waals surface area contributed by atoms with Crippen LogP contribution in [-0.2, 0) is 10.0 Å². The van der Waals surface area contributed by atoms with Crippen molar-refractivity contribution in [1.29, 1.82) is 0 Å². The summed E-state index contributed by atoms with van der Waals surface area (Å²) in [5.41, 5.74) is 0.344. The Bertz CT molecular complexity index is 645. The molecular formula is C14H22N4O3S2. The Morgan fingerprint density at radius 3 is 2.70 bits per heavy atom. The average Bonchev–Trinajstić information content (AvgIpc) is 2.92. The van der Waals surface area contributed by atoms with E-state index in [2.05, 4.69) is 10.3 Å². The molecule has 0 spiro atoms. The van der Waals surface area contributed by atoms with E-state index in [1.165, 1.54) is 16.6 Å². The molecule has 0 aliphatic carbocycles. The lowest BCUT2D eigenvalue weighted by Gasteiger charge is -2.25. The molecule has 1 aromatic rings. The Kier molecular flexibility index (Phi) is 5.30. The van der Waals surface area contributed by atoms with E-state index in [9.17, 15) is 13.2 Å². The molecule has 0 radical (unpaired) electrons.